The first-order valence-electron chi connectivity index (χ1n) is 9.40. The number of fused-ring (bicyclic) bond motifs is 2. The van der Waals surface area contributed by atoms with Crippen molar-refractivity contribution in [2.24, 2.45) is 0 Å². The van der Waals surface area contributed by atoms with Crippen LogP contribution < -0.4 is 0 Å². The minimum Gasteiger partial charge on any atom is -0.507 e. The molecule has 6 N–H and O–H groups in total. The normalized spacial score (nSPS) is 30.6. The quantitative estimate of drug-likeness (QED) is 0.399. The van der Waals surface area contributed by atoms with Crippen molar-refractivity contribution in [2.75, 3.05) is 6.61 Å². The number of phenols is 2. The number of aromatic hydroxyl groups is 2. The van der Waals surface area contributed by atoms with Crippen LogP contribution in [-0.2, 0) is 9.47 Å². The fraction of sp³-hybridized carbons (Fsp3) is 0.381. The van der Waals surface area contributed by atoms with Gasteiger partial charge in [0.15, 0.2) is 6.29 Å². The van der Waals surface area contributed by atoms with Crippen LogP contribution in [0.1, 0.15) is 38.7 Å². The van der Waals surface area contributed by atoms with Gasteiger partial charge in [-0.2, -0.15) is 0 Å². The summed E-state index contributed by atoms with van der Waals surface area (Å²) in [4.78, 5) is 13.0. The van der Waals surface area contributed by atoms with Gasteiger partial charge in [-0.25, -0.2) is 0 Å². The van der Waals surface area contributed by atoms with Crippen molar-refractivity contribution in [1.29, 1.82) is 0 Å². The van der Waals surface area contributed by atoms with Crippen LogP contribution in [0.2, 0.25) is 0 Å². The zero-order valence-corrected chi connectivity index (χ0v) is 16.0. The lowest BCUT2D eigenvalue weighted by Crippen LogP contribution is -2.59. The summed E-state index contributed by atoms with van der Waals surface area (Å²) in [6, 6.07) is 7.45. The lowest BCUT2D eigenvalue weighted by molar-refractivity contribution is -0.309. The first-order chi connectivity index (χ1) is 14.2. The van der Waals surface area contributed by atoms with Gasteiger partial charge in [-0.15, -0.1) is 0 Å². The molecule has 0 spiro atoms. The molecule has 9 heteroatoms. The molecule has 160 valence electrons. The van der Waals surface area contributed by atoms with E-state index in [1.54, 1.807) is 19.1 Å². The maximum absolute atomic E-state index is 13.0. The largest absolute Gasteiger partial charge is 0.507 e. The Kier molecular flexibility index (Phi) is 5.27. The summed E-state index contributed by atoms with van der Waals surface area (Å²) in [5.41, 5.74) is 1.12. The maximum atomic E-state index is 13.0. The molecule has 30 heavy (non-hydrogen) atoms. The van der Waals surface area contributed by atoms with Gasteiger partial charge < -0.3 is 40.1 Å². The second-order valence-corrected chi connectivity index (χ2v) is 7.53. The molecule has 0 bridgehead atoms. The van der Waals surface area contributed by atoms with Gasteiger partial charge >= 0.3 is 0 Å². The molecule has 1 heterocycles. The summed E-state index contributed by atoms with van der Waals surface area (Å²) in [5.74, 6) is -1.17. The van der Waals surface area contributed by atoms with Crippen molar-refractivity contribution in [3.05, 3.63) is 58.1 Å². The Hall–Kier alpha value is -2.53. The fourth-order valence-corrected chi connectivity index (χ4v) is 4.03. The molecule has 2 aliphatic rings. The smallest absolute Gasteiger partial charge is 0.201 e. The van der Waals surface area contributed by atoms with Gasteiger partial charge in [-0.3, -0.25) is 4.79 Å². The SMILES string of the molecule is Cc1cc(O)c2c(c1)[C@H](O[C@@H]1O[C@H](CO)[C@@H](O)[C@@H](O)[C@H]1O)c1cccc(O)c1C2=O. The molecule has 0 saturated carbocycles. The summed E-state index contributed by atoms with van der Waals surface area (Å²) >= 11 is 0. The predicted octanol–water partition coefficient (Wildman–Crippen LogP) is -0.143. The van der Waals surface area contributed by atoms with E-state index in [2.05, 4.69) is 0 Å². The Morgan fingerprint density at radius 3 is 2.37 bits per heavy atom. The van der Waals surface area contributed by atoms with Crippen molar-refractivity contribution in [2.45, 2.75) is 43.7 Å². The van der Waals surface area contributed by atoms with E-state index in [9.17, 15) is 35.4 Å². The molecule has 2 aromatic rings. The number of carbonyl (C=O) groups is 1. The number of ketones is 1. The van der Waals surface area contributed by atoms with Gasteiger partial charge in [0.25, 0.3) is 0 Å². The maximum Gasteiger partial charge on any atom is 0.201 e. The number of benzene rings is 2. The Morgan fingerprint density at radius 2 is 1.67 bits per heavy atom. The number of rotatable bonds is 3. The number of phenolic OH excluding ortho intramolecular Hbond substituents is 2. The molecule has 6 atom stereocenters. The highest BCUT2D eigenvalue weighted by Gasteiger charge is 2.46. The third-order valence-electron chi connectivity index (χ3n) is 5.50. The average molecular weight is 418 g/mol. The molecule has 1 aliphatic carbocycles. The monoisotopic (exact) mass is 418 g/mol. The molecular formula is C21H22O9. The molecule has 4 rings (SSSR count). The second-order valence-electron chi connectivity index (χ2n) is 7.53. The number of aliphatic hydroxyl groups is 4. The Labute approximate surface area is 171 Å². The zero-order chi connectivity index (χ0) is 21.7. The van der Waals surface area contributed by atoms with Crippen molar-refractivity contribution in [3.8, 4) is 11.5 Å². The van der Waals surface area contributed by atoms with Gasteiger partial charge in [-0.1, -0.05) is 18.2 Å². The minimum absolute atomic E-state index is 0.0517. The zero-order valence-electron chi connectivity index (χ0n) is 16.0. The van der Waals surface area contributed by atoms with Crippen molar-refractivity contribution in [3.63, 3.8) is 0 Å². The van der Waals surface area contributed by atoms with E-state index in [-0.39, 0.29) is 28.2 Å². The van der Waals surface area contributed by atoms with Gasteiger partial charge in [0.2, 0.25) is 5.78 Å². The van der Waals surface area contributed by atoms with Crippen LogP contribution in [0.25, 0.3) is 0 Å². The Morgan fingerprint density at radius 1 is 0.967 bits per heavy atom. The number of hydrogen-bond acceptors (Lipinski definition) is 9. The standard InChI is InChI=1S/C21H22O9/c1-8-5-10-15(12(24)6-8)17(26)14-9(3-2-4-11(14)23)20(10)30-21-19(28)18(27)16(25)13(7-22)29-21/h2-6,13,16,18-25,27-28H,7H2,1H3/t13-,16-,18-,19-,20-,21+/m1/s1. The van der Waals surface area contributed by atoms with E-state index in [1.807, 2.05) is 0 Å². The van der Waals surface area contributed by atoms with Gasteiger partial charge in [-0.05, 0) is 24.6 Å². The van der Waals surface area contributed by atoms with E-state index >= 15 is 0 Å². The molecular weight excluding hydrogens is 396 g/mol. The molecule has 1 saturated heterocycles. The number of ether oxygens (including phenoxy) is 2. The van der Waals surface area contributed by atoms with Crippen molar-refractivity contribution < 1.29 is 44.9 Å². The van der Waals surface area contributed by atoms with Crippen LogP contribution in [0.15, 0.2) is 30.3 Å². The van der Waals surface area contributed by atoms with Gasteiger partial charge in [0.1, 0.15) is 42.0 Å². The number of aryl methyl sites for hydroxylation is 1. The van der Waals surface area contributed by atoms with Crippen molar-refractivity contribution in [1.82, 2.24) is 0 Å². The van der Waals surface area contributed by atoms with E-state index in [4.69, 9.17) is 9.47 Å². The molecule has 0 aromatic heterocycles. The third-order valence-corrected chi connectivity index (χ3v) is 5.50. The first kappa shape index (κ1) is 20.7. The number of hydrogen-bond donors (Lipinski definition) is 6. The molecule has 0 amide bonds. The minimum atomic E-state index is -1.65. The highest BCUT2D eigenvalue weighted by Crippen LogP contribution is 2.45. The lowest BCUT2D eigenvalue weighted by Gasteiger charge is -2.41. The summed E-state index contributed by atoms with van der Waals surface area (Å²) in [5, 5.41) is 60.5. The molecule has 9 nitrogen and oxygen atoms in total. The van der Waals surface area contributed by atoms with E-state index in [0.29, 0.717) is 11.1 Å². The third kappa shape index (κ3) is 3.16. The summed E-state index contributed by atoms with van der Waals surface area (Å²) < 4.78 is 11.4. The van der Waals surface area contributed by atoms with Crippen LogP contribution in [0.5, 0.6) is 11.5 Å². The first-order valence-corrected chi connectivity index (χ1v) is 9.40. The number of aliphatic hydroxyl groups excluding tert-OH is 4. The highest BCUT2D eigenvalue weighted by atomic mass is 16.7. The fourth-order valence-electron chi connectivity index (χ4n) is 4.03. The second kappa shape index (κ2) is 7.62. The van der Waals surface area contributed by atoms with Crippen LogP contribution in [0.4, 0.5) is 0 Å². The van der Waals surface area contributed by atoms with Crippen LogP contribution in [0.3, 0.4) is 0 Å². The van der Waals surface area contributed by atoms with Crippen LogP contribution in [0, 0.1) is 6.92 Å². The lowest BCUT2D eigenvalue weighted by atomic mass is 9.81. The Balaban J connectivity index is 1.82. The number of carbonyl (C=O) groups excluding carboxylic acids is 1. The van der Waals surface area contributed by atoms with Gasteiger partial charge in [0.05, 0.1) is 17.7 Å². The summed E-state index contributed by atoms with van der Waals surface area (Å²) in [7, 11) is 0. The van der Waals surface area contributed by atoms with Gasteiger partial charge in [0, 0.05) is 11.1 Å². The predicted molar refractivity (Wildman–Crippen MR) is 101 cm³/mol. The van der Waals surface area contributed by atoms with Crippen LogP contribution in [-0.4, -0.2) is 73.7 Å². The molecule has 2 aromatic carbocycles. The molecule has 1 fully saturated rings. The summed E-state index contributed by atoms with van der Waals surface area (Å²) in [6.45, 7) is 1.09. The van der Waals surface area contributed by atoms with E-state index in [0.717, 1.165) is 0 Å². The average Bonchev–Trinajstić information content (AvgIpc) is 2.70. The van der Waals surface area contributed by atoms with E-state index in [1.165, 1.54) is 18.2 Å². The molecule has 0 radical (unpaired) electrons. The van der Waals surface area contributed by atoms with E-state index < -0.39 is 49.2 Å². The van der Waals surface area contributed by atoms with Crippen LogP contribution >= 0.6 is 0 Å². The summed E-state index contributed by atoms with van der Waals surface area (Å²) in [6.07, 6.45) is -8.53. The Bertz CT molecular complexity index is 987. The molecule has 0 unspecified atom stereocenters. The molecule has 1 aliphatic heterocycles. The topological polar surface area (TPSA) is 157 Å². The van der Waals surface area contributed by atoms with Crippen molar-refractivity contribution >= 4 is 5.78 Å². The highest BCUT2D eigenvalue weighted by molar-refractivity contribution is 6.15.